The summed E-state index contributed by atoms with van der Waals surface area (Å²) >= 11 is 0. The second-order valence-corrected chi connectivity index (χ2v) is 8.06. The average Bonchev–Trinajstić information content (AvgIpc) is 3.33. The molecule has 2 heterocycles. The maximum atomic E-state index is 10.5. The molecule has 3 rings (SSSR count). The van der Waals surface area contributed by atoms with Gasteiger partial charge in [-0.15, -0.1) is 0 Å². The van der Waals surface area contributed by atoms with E-state index in [4.69, 9.17) is 9.84 Å². The van der Waals surface area contributed by atoms with Crippen molar-refractivity contribution in [3.8, 4) is 0 Å². The number of rotatable bonds is 9. The van der Waals surface area contributed by atoms with E-state index in [1.165, 1.54) is 25.7 Å². The van der Waals surface area contributed by atoms with Crippen LogP contribution >= 0.6 is 0 Å². The molecule has 1 unspecified atom stereocenters. The minimum Gasteiger partial charge on any atom is -0.481 e. The number of aliphatic hydroxyl groups excluding tert-OH is 1. The van der Waals surface area contributed by atoms with Gasteiger partial charge >= 0.3 is 5.97 Å². The van der Waals surface area contributed by atoms with Crippen molar-refractivity contribution in [2.45, 2.75) is 76.1 Å². The molecule has 0 aromatic carbocycles. The van der Waals surface area contributed by atoms with Crippen LogP contribution in [0, 0.1) is 17.8 Å². The number of fused-ring (bicyclic) bond motifs is 2. The lowest BCUT2D eigenvalue weighted by atomic mass is 9.77. The Balaban J connectivity index is 1.49. The topological polar surface area (TPSA) is 66.8 Å². The van der Waals surface area contributed by atoms with E-state index in [1.807, 2.05) is 12.2 Å². The van der Waals surface area contributed by atoms with Crippen LogP contribution in [0.1, 0.15) is 57.8 Å². The van der Waals surface area contributed by atoms with E-state index in [2.05, 4.69) is 12.2 Å². The zero-order valence-electron chi connectivity index (χ0n) is 15.5. The predicted molar refractivity (Wildman–Crippen MR) is 102 cm³/mol. The number of allylic oxidation sites excluding steroid dienone is 3. The molecule has 3 fully saturated rings. The highest BCUT2D eigenvalue weighted by atomic mass is 16.5. The first-order valence-corrected chi connectivity index (χ1v) is 10.2. The van der Waals surface area contributed by atoms with E-state index in [9.17, 15) is 9.90 Å². The Hall–Kier alpha value is -1.39. The van der Waals surface area contributed by atoms with Gasteiger partial charge in [-0.3, -0.25) is 4.79 Å². The molecule has 144 valence electrons. The van der Waals surface area contributed by atoms with E-state index in [0.717, 1.165) is 25.7 Å². The number of carboxylic acid groups (broad SMARTS) is 1. The molecule has 26 heavy (non-hydrogen) atoms. The predicted octanol–water partition coefficient (Wildman–Crippen LogP) is 4.25. The molecule has 2 aliphatic heterocycles. The van der Waals surface area contributed by atoms with Crippen molar-refractivity contribution in [2.75, 3.05) is 0 Å². The Kier molecular flexibility index (Phi) is 7.09. The van der Waals surface area contributed by atoms with Gasteiger partial charge in [0, 0.05) is 5.92 Å². The van der Waals surface area contributed by atoms with Crippen molar-refractivity contribution in [3.05, 3.63) is 36.5 Å². The monoisotopic (exact) mass is 360 g/mol. The van der Waals surface area contributed by atoms with Crippen molar-refractivity contribution in [1.29, 1.82) is 0 Å². The lowest BCUT2D eigenvalue weighted by Crippen LogP contribution is -2.25. The van der Waals surface area contributed by atoms with E-state index in [-0.39, 0.29) is 12.5 Å². The van der Waals surface area contributed by atoms with E-state index in [0.29, 0.717) is 30.0 Å². The molecule has 1 aliphatic carbocycles. The number of hydrogen-bond acceptors (Lipinski definition) is 3. The van der Waals surface area contributed by atoms with Crippen LogP contribution < -0.4 is 0 Å². The van der Waals surface area contributed by atoms with Gasteiger partial charge in [0.1, 0.15) is 0 Å². The van der Waals surface area contributed by atoms with Crippen molar-refractivity contribution in [3.63, 3.8) is 0 Å². The molecule has 3 aliphatic rings. The number of hydrogen-bond donors (Lipinski definition) is 2. The van der Waals surface area contributed by atoms with Crippen molar-refractivity contribution in [2.24, 2.45) is 17.8 Å². The average molecular weight is 360 g/mol. The van der Waals surface area contributed by atoms with Crippen LogP contribution in [0.15, 0.2) is 36.5 Å². The molecule has 4 nitrogen and oxygen atoms in total. The van der Waals surface area contributed by atoms with E-state index in [1.54, 1.807) is 12.2 Å². The van der Waals surface area contributed by atoms with E-state index >= 15 is 0 Å². The number of carbonyl (C=O) groups is 1. The first-order chi connectivity index (χ1) is 12.6. The second kappa shape index (κ2) is 9.52. The molecular weight excluding hydrogens is 328 g/mol. The van der Waals surface area contributed by atoms with E-state index < -0.39 is 5.97 Å². The fourth-order valence-corrected chi connectivity index (χ4v) is 4.87. The number of ether oxygens (including phenoxy) is 1. The summed E-state index contributed by atoms with van der Waals surface area (Å²) in [6.45, 7) is 0. The molecule has 2 N–H and O–H groups in total. The molecular formula is C22H32O4. The maximum Gasteiger partial charge on any atom is 0.307 e. The SMILES string of the molecule is O=C(O)CC=C/C=C\C[C@H]1[C@@H](/C=C/C(O)CC2CCCC2)[C@H]2CC[C@@H]1O2. The Labute approximate surface area is 156 Å². The largest absolute Gasteiger partial charge is 0.481 e. The zero-order valence-corrected chi connectivity index (χ0v) is 15.5. The Morgan fingerprint density at radius 3 is 2.58 bits per heavy atom. The summed E-state index contributed by atoms with van der Waals surface area (Å²) in [4.78, 5) is 10.5. The molecule has 2 saturated heterocycles. The van der Waals surface area contributed by atoms with Gasteiger partial charge in [0.05, 0.1) is 24.7 Å². The first kappa shape index (κ1) is 19.4. The standard InChI is InChI=1S/C22H32O4/c23-17(15-16-7-5-6-8-16)11-12-19-18(20-13-14-21(19)26-20)9-3-1-2-4-10-22(24)25/h1-4,11-12,16-21,23H,5-10,13-15H2,(H,24,25)/b3-1-,4-2?,12-11+/t17?,18-,19+,20-,21+/m0/s1. The molecule has 0 spiro atoms. The van der Waals surface area contributed by atoms with Gasteiger partial charge in [-0.25, -0.2) is 0 Å². The summed E-state index contributed by atoms with van der Waals surface area (Å²) in [5.41, 5.74) is 0. The fourth-order valence-electron chi connectivity index (χ4n) is 4.87. The molecule has 0 aromatic rings. The van der Waals surface area contributed by atoms with Crippen molar-refractivity contribution in [1.82, 2.24) is 0 Å². The van der Waals surface area contributed by atoms with Gasteiger partial charge in [0.2, 0.25) is 0 Å². The van der Waals surface area contributed by atoms with Gasteiger partial charge in [0.15, 0.2) is 0 Å². The molecule has 0 aromatic heterocycles. The Morgan fingerprint density at radius 1 is 1.08 bits per heavy atom. The van der Waals surface area contributed by atoms with Crippen molar-refractivity contribution >= 4 is 5.97 Å². The maximum absolute atomic E-state index is 10.5. The van der Waals surface area contributed by atoms with Gasteiger partial charge < -0.3 is 14.9 Å². The summed E-state index contributed by atoms with van der Waals surface area (Å²) in [5, 5.41) is 19.0. The third kappa shape index (κ3) is 5.31. The molecule has 0 radical (unpaired) electrons. The minimum atomic E-state index is -0.808. The second-order valence-electron chi connectivity index (χ2n) is 8.06. The Morgan fingerprint density at radius 2 is 1.81 bits per heavy atom. The third-order valence-electron chi connectivity index (χ3n) is 6.18. The lowest BCUT2D eigenvalue weighted by Gasteiger charge is -2.25. The van der Waals surface area contributed by atoms with Crippen LogP contribution in [0.2, 0.25) is 0 Å². The summed E-state index contributed by atoms with van der Waals surface area (Å²) < 4.78 is 6.11. The highest BCUT2D eigenvalue weighted by Gasteiger charge is 2.46. The summed E-state index contributed by atoms with van der Waals surface area (Å²) in [5.74, 6) is 0.743. The van der Waals surface area contributed by atoms with Crippen molar-refractivity contribution < 1.29 is 19.7 Å². The summed E-state index contributed by atoms with van der Waals surface area (Å²) in [6.07, 6.45) is 21.4. The third-order valence-corrected chi connectivity index (χ3v) is 6.18. The number of carboxylic acids is 1. The van der Waals surface area contributed by atoms with Crippen LogP contribution in [0.25, 0.3) is 0 Å². The van der Waals surface area contributed by atoms with Gasteiger partial charge in [-0.05, 0) is 37.5 Å². The molecule has 2 bridgehead atoms. The molecule has 5 atom stereocenters. The van der Waals surface area contributed by atoms with Crippen LogP contribution in [-0.4, -0.2) is 34.5 Å². The smallest absolute Gasteiger partial charge is 0.307 e. The number of aliphatic carboxylic acids is 1. The summed E-state index contributed by atoms with van der Waals surface area (Å²) in [7, 11) is 0. The van der Waals surface area contributed by atoms with Crippen LogP contribution in [0.5, 0.6) is 0 Å². The van der Waals surface area contributed by atoms with Crippen LogP contribution in [0.3, 0.4) is 0 Å². The first-order valence-electron chi connectivity index (χ1n) is 10.2. The highest BCUT2D eigenvalue weighted by Crippen LogP contribution is 2.46. The van der Waals surface area contributed by atoms with Crippen LogP contribution in [0.4, 0.5) is 0 Å². The molecule has 0 amide bonds. The fraction of sp³-hybridized carbons (Fsp3) is 0.682. The normalized spacial score (nSPS) is 33.3. The Bertz CT molecular complexity index is 544. The highest BCUT2D eigenvalue weighted by molar-refractivity contribution is 5.68. The van der Waals surface area contributed by atoms with Crippen LogP contribution in [-0.2, 0) is 9.53 Å². The lowest BCUT2D eigenvalue weighted by molar-refractivity contribution is -0.136. The minimum absolute atomic E-state index is 0.0613. The van der Waals surface area contributed by atoms with Gasteiger partial charge in [0.25, 0.3) is 0 Å². The molecule has 4 heteroatoms. The van der Waals surface area contributed by atoms with Gasteiger partial charge in [-0.1, -0.05) is 62.1 Å². The number of aliphatic hydroxyl groups is 1. The summed E-state index contributed by atoms with van der Waals surface area (Å²) in [6, 6.07) is 0. The van der Waals surface area contributed by atoms with Gasteiger partial charge in [-0.2, -0.15) is 0 Å². The quantitative estimate of drug-likeness (QED) is 0.476. The molecule has 1 saturated carbocycles. The zero-order chi connectivity index (χ0) is 18.4.